The predicted octanol–water partition coefficient (Wildman–Crippen LogP) is 2.97. The Bertz CT molecular complexity index is 539. The number of ether oxygens (including phenoxy) is 1. The Kier molecular flexibility index (Phi) is 5.18. The molecule has 2 unspecified atom stereocenters. The van der Waals surface area contributed by atoms with Crippen molar-refractivity contribution >= 4 is 6.09 Å². The summed E-state index contributed by atoms with van der Waals surface area (Å²) >= 11 is 0. The lowest BCUT2D eigenvalue weighted by molar-refractivity contribution is 0.00138. The molecule has 0 aliphatic carbocycles. The minimum atomic E-state index is -0.886. The lowest BCUT2D eigenvalue weighted by atomic mass is 9.88. The number of nitrogens with zero attached hydrogens (tertiary/aromatic N) is 2. The van der Waals surface area contributed by atoms with Gasteiger partial charge < -0.3 is 14.7 Å². The van der Waals surface area contributed by atoms with Crippen molar-refractivity contribution in [2.75, 3.05) is 19.7 Å². The van der Waals surface area contributed by atoms with Gasteiger partial charge in [-0.2, -0.15) is 5.26 Å². The highest BCUT2D eigenvalue weighted by Gasteiger charge is 2.31. The van der Waals surface area contributed by atoms with Crippen molar-refractivity contribution in [2.45, 2.75) is 25.9 Å². The fraction of sp³-hybridized carbons (Fsp3) is 0.500. The molecule has 1 N–H and O–H groups in total. The first-order chi connectivity index (χ1) is 10.1. The van der Waals surface area contributed by atoms with E-state index in [-0.39, 0.29) is 18.6 Å². The van der Waals surface area contributed by atoms with Crippen LogP contribution in [-0.4, -0.2) is 35.8 Å². The van der Waals surface area contributed by atoms with Crippen molar-refractivity contribution in [2.24, 2.45) is 5.92 Å². The van der Waals surface area contributed by atoms with E-state index >= 15 is 0 Å². The minimum Gasteiger partial charge on any atom is -0.465 e. The molecule has 1 aliphatic heterocycles. The number of hydrogen-bond acceptors (Lipinski definition) is 3. The molecule has 2 rings (SSSR count). The Morgan fingerprint density at radius 3 is 3.10 bits per heavy atom. The Balaban J connectivity index is 2.19. The maximum atomic E-state index is 11.2. The summed E-state index contributed by atoms with van der Waals surface area (Å²) in [4.78, 5) is 12.6. The maximum Gasteiger partial charge on any atom is 0.407 e. The van der Waals surface area contributed by atoms with Crippen molar-refractivity contribution in [3.63, 3.8) is 0 Å². The molecule has 0 aromatic heterocycles. The number of hydrogen-bond donors (Lipinski definition) is 1. The average Bonchev–Trinajstić information content (AvgIpc) is 2.48. The Hall–Kier alpha value is -2.06. The summed E-state index contributed by atoms with van der Waals surface area (Å²) in [5.74, 6) is 0.0880. The van der Waals surface area contributed by atoms with E-state index in [0.717, 1.165) is 24.0 Å². The molecule has 21 heavy (non-hydrogen) atoms. The number of piperidine rings is 1. The standard InChI is InChI=1S/C16H20N2O3/c1-12-4-2-5-13(10-12)15(21-9-7-17)14-6-3-8-18(11-14)16(19)20/h2,4-5,10,14-15H,3,6,8-9,11H2,1H3,(H,19,20). The van der Waals surface area contributed by atoms with E-state index in [1.54, 1.807) is 0 Å². The molecular weight excluding hydrogens is 268 g/mol. The van der Waals surface area contributed by atoms with Crippen LogP contribution in [0, 0.1) is 24.2 Å². The lowest BCUT2D eigenvalue weighted by Crippen LogP contribution is -2.41. The van der Waals surface area contributed by atoms with E-state index < -0.39 is 6.09 Å². The third-order valence-electron chi connectivity index (χ3n) is 3.85. The van der Waals surface area contributed by atoms with E-state index in [1.807, 2.05) is 37.3 Å². The van der Waals surface area contributed by atoms with Gasteiger partial charge in [-0.3, -0.25) is 0 Å². The van der Waals surface area contributed by atoms with Gasteiger partial charge in [-0.05, 0) is 25.3 Å². The number of amides is 1. The monoisotopic (exact) mass is 288 g/mol. The van der Waals surface area contributed by atoms with Crippen LogP contribution in [0.15, 0.2) is 24.3 Å². The third-order valence-corrected chi connectivity index (χ3v) is 3.85. The van der Waals surface area contributed by atoms with Crippen molar-refractivity contribution < 1.29 is 14.6 Å². The summed E-state index contributed by atoms with van der Waals surface area (Å²) in [6, 6.07) is 10.0. The molecule has 112 valence electrons. The van der Waals surface area contributed by atoms with Crippen molar-refractivity contribution in [1.29, 1.82) is 5.26 Å². The second-order valence-corrected chi connectivity index (χ2v) is 5.43. The normalized spacial score (nSPS) is 19.8. The second kappa shape index (κ2) is 7.09. The topological polar surface area (TPSA) is 73.6 Å². The SMILES string of the molecule is Cc1cccc(C(OCC#N)C2CCCN(C(=O)O)C2)c1. The molecule has 0 spiro atoms. The molecule has 5 nitrogen and oxygen atoms in total. The van der Waals surface area contributed by atoms with Gasteiger partial charge in [0.05, 0.1) is 12.2 Å². The van der Waals surface area contributed by atoms with Crippen LogP contribution < -0.4 is 0 Å². The summed E-state index contributed by atoms with van der Waals surface area (Å²) in [5.41, 5.74) is 2.14. The maximum absolute atomic E-state index is 11.2. The highest BCUT2D eigenvalue weighted by Crippen LogP contribution is 2.33. The number of carboxylic acid groups (broad SMARTS) is 1. The third kappa shape index (κ3) is 3.96. The smallest absolute Gasteiger partial charge is 0.407 e. The molecule has 1 aromatic carbocycles. The highest BCUT2D eigenvalue weighted by atomic mass is 16.5. The summed E-state index contributed by atoms with van der Waals surface area (Å²) < 4.78 is 5.72. The molecule has 1 amide bonds. The highest BCUT2D eigenvalue weighted by molar-refractivity contribution is 5.65. The number of benzene rings is 1. The van der Waals surface area contributed by atoms with E-state index in [4.69, 9.17) is 15.1 Å². The summed E-state index contributed by atoms with van der Waals surface area (Å²) in [5, 5.41) is 17.9. The van der Waals surface area contributed by atoms with E-state index in [0.29, 0.717) is 13.1 Å². The van der Waals surface area contributed by atoms with Gasteiger partial charge in [-0.1, -0.05) is 29.8 Å². The van der Waals surface area contributed by atoms with Crippen molar-refractivity contribution in [1.82, 2.24) is 4.90 Å². The van der Waals surface area contributed by atoms with Crippen LogP contribution in [0.4, 0.5) is 4.79 Å². The first-order valence-corrected chi connectivity index (χ1v) is 7.15. The van der Waals surface area contributed by atoms with Crippen LogP contribution in [0.3, 0.4) is 0 Å². The molecule has 0 bridgehead atoms. The summed E-state index contributed by atoms with van der Waals surface area (Å²) in [6.07, 6.45) is 0.623. The zero-order valence-corrected chi connectivity index (χ0v) is 12.2. The lowest BCUT2D eigenvalue weighted by Gasteiger charge is -2.35. The number of rotatable bonds is 4. The zero-order chi connectivity index (χ0) is 15.2. The molecule has 0 radical (unpaired) electrons. The number of likely N-dealkylation sites (tertiary alicyclic amines) is 1. The zero-order valence-electron chi connectivity index (χ0n) is 12.2. The van der Waals surface area contributed by atoms with Crippen LogP contribution in [0.25, 0.3) is 0 Å². The van der Waals surface area contributed by atoms with Gasteiger partial charge in [0.1, 0.15) is 6.61 Å². The van der Waals surface area contributed by atoms with Gasteiger partial charge >= 0.3 is 6.09 Å². The van der Waals surface area contributed by atoms with Crippen LogP contribution in [0.5, 0.6) is 0 Å². The van der Waals surface area contributed by atoms with Crippen LogP contribution >= 0.6 is 0 Å². The molecule has 1 aliphatic rings. The Morgan fingerprint density at radius 1 is 1.62 bits per heavy atom. The largest absolute Gasteiger partial charge is 0.465 e. The number of carbonyl (C=O) groups is 1. The first kappa shape index (κ1) is 15.3. The molecular formula is C16H20N2O3. The second-order valence-electron chi connectivity index (χ2n) is 5.43. The first-order valence-electron chi connectivity index (χ1n) is 7.15. The van der Waals surface area contributed by atoms with Gasteiger partial charge in [-0.15, -0.1) is 0 Å². The fourth-order valence-electron chi connectivity index (χ4n) is 2.91. The van der Waals surface area contributed by atoms with Crippen molar-refractivity contribution in [3.8, 4) is 6.07 Å². The van der Waals surface area contributed by atoms with E-state index in [1.165, 1.54) is 4.90 Å². The Labute approximate surface area is 124 Å². The molecule has 1 heterocycles. The van der Waals surface area contributed by atoms with Gasteiger partial charge in [0.2, 0.25) is 0 Å². The number of aryl methyl sites for hydroxylation is 1. The summed E-state index contributed by atoms with van der Waals surface area (Å²) in [6.45, 7) is 3.06. The fourth-order valence-corrected chi connectivity index (χ4v) is 2.91. The molecule has 0 saturated carbocycles. The van der Waals surface area contributed by atoms with Gasteiger partial charge in [-0.25, -0.2) is 4.79 Å². The molecule has 2 atom stereocenters. The van der Waals surface area contributed by atoms with Crippen LogP contribution in [0.2, 0.25) is 0 Å². The average molecular weight is 288 g/mol. The summed E-state index contributed by atoms with van der Waals surface area (Å²) in [7, 11) is 0. The van der Waals surface area contributed by atoms with E-state index in [9.17, 15) is 4.79 Å². The quantitative estimate of drug-likeness (QED) is 0.924. The molecule has 1 aromatic rings. The molecule has 1 saturated heterocycles. The van der Waals surface area contributed by atoms with Crippen LogP contribution in [0.1, 0.15) is 30.1 Å². The predicted molar refractivity (Wildman–Crippen MR) is 77.8 cm³/mol. The van der Waals surface area contributed by atoms with Crippen molar-refractivity contribution in [3.05, 3.63) is 35.4 Å². The molecule has 5 heteroatoms. The van der Waals surface area contributed by atoms with Gasteiger partial charge in [0.25, 0.3) is 0 Å². The van der Waals surface area contributed by atoms with E-state index in [2.05, 4.69) is 0 Å². The number of nitriles is 1. The Morgan fingerprint density at radius 2 is 2.43 bits per heavy atom. The minimum absolute atomic E-state index is 0.0161. The van der Waals surface area contributed by atoms with Gasteiger partial charge in [0.15, 0.2) is 0 Å². The van der Waals surface area contributed by atoms with Crippen LogP contribution in [-0.2, 0) is 4.74 Å². The molecule has 1 fully saturated rings. The van der Waals surface area contributed by atoms with Gasteiger partial charge in [0, 0.05) is 19.0 Å².